The summed E-state index contributed by atoms with van der Waals surface area (Å²) in [5.74, 6) is 0.494. The summed E-state index contributed by atoms with van der Waals surface area (Å²) < 4.78 is 28.7. The van der Waals surface area contributed by atoms with Crippen LogP contribution in [-0.4, -0.2) is 31.9 Å². The number of nitrogens with one attached hydrogen (secondary N) is 1. The first kappa shape index (κ1) is 12.3. The van der Waals surface area contributed by atoms with Gasteiger partial charge < -0.3 is 0 Å². The zero-order chi connectivity index (χ0) is 11.6. The first-order chi connectivity index (χ1) is 7.58. The van der Waals surface area contributed by atoms with Crippen molar-refractivity contribution in [3.8, 4) is 0 Å². The summed E-state index contributed by atoms with van der Waals surface area (Å²) >= 11 is 0. The van der Waals surface area contributed by atoms with Crippen molar-refractivity contribution in [2.24, 2.45) is 5.92 Å². The van der Waals surface area contributed by atoms with Gasteiger partial charge in [-0.25, -0.2) is 0 Å². The van der Waals surface area contributed by atoms with E-state index in [1.165, 1.54) is 0 Å². The molecule has 1 heterocycles. The van der Waals surface area contributed by atoms with Crippen molar-refractivity contribution in [1.82, 2.24) is 9.03 Å². The summed E-state index contributed by atoms with van der Waals surface area (Å²) in [6.45, 7) is 3.49. The number of rotatable bonds is 3. The second-order valence-electron chi connectivity index (χ2n) is 5.21. The predicted molar refractivity (Wildman–Crippen MR) is 64.3 cm³/mol. The van der Waals surface area contributed by atoms with Gasteiger partial charge in [-0.2, -0.15) is 17.4 Å². The molecular formula is C11H22N2O2S. The maximum absolute atomic E-state index is 12.1. The van der Waals surface area contributed by atoms with E-state index in [-0.39, 0.29) is 6.04 Å². The molecule has 2 rings (SSSR count). The van der Waals surface area contributed by atoms with Gasteiger partial charge in [0.25, 0.3) is 10.2 Å². The Morgan fingerprint density at radius 3 is 2.44 bits per heavy atom. The fraction of sp³-hybridized carbons (Fsp3) is 1.00. The van der Waals surface area contributed by atoms with Crippen LogP contribution >= 0.6 is 0 Å². The second-order valence-corrected chi connectivity index (χ2v) is 6.91. The summed E-state index contributed by atoms with van der Waals surface area (Å²) in [6.07, 6.45) is 6.46. The quantitative estimate of drug-likeness (QED) is 0.820. The first-order valence-electron chi connectivity index (χ1n) is 6.35. The summed E-state index contributed by atoms with van der Waals surface area (Å²) in [7, 11) is -3.22. The third kappa shape index (κ3) is 2.96. The summed E-state index contributed by atoms with van der Waals surface area (Å²) in [5.41, 5.74) is 0. The van der Waals surface area contributed by atoms with Crippen LogP contribution in [0.2, 0.25) is 0 Å². The van der Waals surface area contributed by atoms with Gasteiger partial charge in [0.2, 0.25) is 0 Å². The van der Waals surface area contributed by atoms with Crippen LogP contribution in [0, 0.1) is 5.92 Å². The van der Waals surface area contributed by atoms with E-state index in [0.29, 0.717) is 19.0 Å². The van der Waals surface area contributed by atoms with E-state index in [2.05, 4.69) is 11.6 Å². The normalized spacial score (nSPS) is 29.7. The van der Waals surface area contributed by atoms with Gasteiger partial charge in [0.1, 0.15) is 0 Å². The maximum atomic E-state index is 12.1. The number of hydrogen-bond donors (Lipinski definition) is 1. The molecule has 0 radical (unpaired) electrons. The van der Waals surface area contributed by atoms with Gasteiger partial charge in [-0.1, -0.05) is 19.8 Å². The van der Waals surface area contributed by atoms with Crippen molar-refractivity contribution in [1.29, 1.82) is 0 Å². The summed E-state index contributed by atoms with van der Waals surface area (Å²) in [4.78, 5) is 0. The third-order valence-corrected chi connectivity index (χ3v) is 5.27. The van der Waals surface area contributed by atoms with Crippen LogP contribution in [0.3, 0.4) is 0 Å². The predicted octanol–water partition coefficient (Wildman–Crippen LogP) is 1.50. The molecule has 0 amide bonds. The van der Waals surface area contributed by atoms with Crippen LogP contribution in [0.5, 0.6) is 0 Å². The first-order valence-corrected chi connectivity index (χ1v) is 7.79. The van der Waals surface area contributed by atoms with E-state index in [0.717, 1.165) is 38.5 Å². The minimum absolute atomic E-state index is 0.183. The van der Waals surface area contributed by atoms with Crippen LogP contribution < -0.4 is 4.72 Å². The van der Waals surface area contributed by atoms with Gasteiger partial charge in [0.05, 0.1) is 0 Å². The highest BCUT2D eigenvalue weighted by atomic mass is 32.2. The van der Waals surface area contributed by atoms with E-state index in [4.69, 9.17) is 0 Å². The Labute approximate surface area is 98.6 Å². The smallest absolute Gasteiger partial charge is 0.199 e. The largest absolute Gasteiger partial charge is 0.279 e. The summed E-state index contributed by atoms with van der Waals surface area (Å²) in [6, 6.07) is 0.183. The van der Waals surface area contributed by atoms with E-state index in [1.54, 1.807) is 4.31 Å². The van der Waals surface area contributed by atoms with Crippen molar-refractivity contribution in [2.45, 2.75) is 51.5 Å². The standard InChI is InChI=1S/C11H22N2O2S/c1-10-5-4-8-13(9-10)16(14,15)12-11-6-2-3-7-11/h10-12H,2-9H2,1H3. The van der Waals surface area contributed by atoms with E-state index < -0.39 is 10.2 Å². The highest BCUT2D eigenvalue weighted by Crippen LogP contribution is 2.21. The third-order valence-electron chi connectivity index (χ3n) is 3.63. The van der Waals surface area contributed by atoms with Crippen LogP contribution in [0.15, 0.2) is 0 Å². The topological polar surface area (TPSA) is 49.4 Å². The number of nitrogens with zero attached hydrogens (tertiary/aromatic N) is 1. The summed E-state index contributed by atoms with van der Waals surface area (Å²) in [5, 5.41) is 0. The average Bonchev–Trinajstić information content (AvgIpc) is 2.70. The van der Waals surface area contributed by atoms with E-state index in [1.807, 2.05) is 0 Å². The molecule has 0 aromatic carbocycles. The van der Waals surface area contributed by atoms with Gasteiger partial charge in [-0.15, -0.1) is 0 Å². The lowest BCUT2D eigenvalue weighted by Crippen LogP contribution is -2.48. The molecular weight excluding hydrogens is 224 g/mol. The maximum Gasteiger partial charge on any atom is 0.279 e. The lowest BCUT2D eigenvalue weighted by atomic mass is 10.0. The Kier molecular flexibility index (Phi) is 3.87. The molecule has 0 aromatic rings. The molecule has 16 heavy (non-hydrogen) atoms. The molecule has 1 saturated heterocycles. The fourth-order valence-corrected chi connectivity index (χ4v) is 4.32. The molecule has 0 aromatic heterocycles. The minimum Gasteiger partial charge on any atom is -0.199 e. The van der Waals surface area contributed by atoms with Crippen molar-refractivity contribution in [2.75, 3.05) is 13.1 Å². The molecule has 2 aliphatic rings. The lowest BCUT2D eigenvalue weighted by molar-refractivity contribution is 0.276. The van der Waals surface area contributed by atoms with Gasteiger partial charge >= 0.3 is 0 Å². The minimum atomic E-state index is -3.22. The van der Waals surface area contributed by atoms with Crippen LogP contribution in [0.1, 0.15) is 45.4 Å². The molecule has 2 fully saturated rings. The van der Waals surface area contributed by atoms with Crippen LogP contribution in [0.4, 0.5) is 0 Å². The molecule has 0 spiro atoms. The van der Waals surface area contributed by atoms with Crippen molar-refractivity contribution >= 4 is 10.2 Å². The highest BCUT2D eigenvalue weighted by molar-refractivity contribution is 7.87. The highest BCUT2D eigenvalue weighted by Gasteiger charge is 2.29. The van der Waals surface area contributed by atoms with Gasteiger partial charge in [-0.3, -0.25) is 0 Å². The Morgan fingerprint density at radius 2 is 1.81 bits per heavy atom. The van der Waals surface area contributed by atoms with Crippen LogP contribution in [0.25, 0.3) is 0 Å². The molecule has 0 bridgehead atoms. The lowest BCUT2D eigenvalue weighted by Gasteiger charge is -2.31. The fourth-order valence-electron chi connectivity index (χ4n) is 2.69. The molecule has 1 N–H and O–H groups in total. The van der Waals surface area contributed by atoms with Gasteiger partial charge in [-0.05, 0) is 31.6 Å². The molecule has 4 nitrogen and oxygen atoms in total. The molecule has 1 aliphatic heterocycles. The zero-order valence-electron chi connectivity index (χ0n) is 9.98. The zero-order valence-corrected chi connectivity index (χ0v) is 10.8. The molecule has 1 atom stereocenters. The van der Waals surface area contributed by atoms with E-state index in [9.17, 15) is 8.42 Å². The van der Waals surface area contributed by atoms with Crippen molar-refractivity contribution < 1.29 is 8.42 Å². The second kappa shape index (κ2) is 5.02. The SMILES string of the molecule is CC1CCCN(S(=O)(=O)NC2CCCC2)C1. The monoisotopic (exact) mass is 246 g/mol. The molecule has 1 aliphatic carbocycles. The molecule has 1 saturated carbocycles. The van der Waals surface area contributed by atoms with Gasteiger partial charge in [0.15, 0.2) is 0 Å². The number of piperidine rings is 1. The average molecular weight is 246 g/mol. The van der Waals surface area contributed by atoms with Crippen molar-refractivity contribution in [3.63, 3.8) is 0 Å². The van der Waals surface area contributed by atoms with Crippen LogP contribution in [-0.2, 0) is 10.2 Å². The number of hydrogen-bond acceptors (Lipinski definition) is 2. The Bertz CT molecular complexity index is 323. The Hall–Kier alpha value is -0.130. The Morgan fingerprint density at radius 1 is 1.12 bits per heavy atom. The Balaban J connectivity index is 1.94. The molecule has 1 unspecified atom stereocenters. The van der Waals surface area contributed by atoms with E-state index >= 15 is 0 Å². The molecule has 94 valence electrons. The molecule has 5 heteroatoms. The van der Waals surface area contributed by atoms with Gasteiger partial charge in [0, 0.05) is 19.1 Å². The van der Waals surface area contributed by atoms with Crippen molar-refractivity contribution in [3.05, 3.63) is 0 Å².